The summed E-state index contributed by atoms with van der Waals surface area (Å²) < 4.78 is 6.56. The Balaban J connectivity index is 1.55. The summed E-state index contributed by atoms with van der Waals surface area (Å²) in [6, 6.07) is 12.9. The zero-order valence-electron chi connectivity index (χ0n) is 15.6. The maximum atomic E-state index is 12.4. The molecular weight excluding hydrogens is 454 g/mol. The second-order valence-corrected chi connectivity index (χ2v) is 8.42. The Hall–Kier alpha value is -2.71. The number of ether oxygens (including phenoxy) is 1. The molecule has 148 valence electrons. The van der Waals surface area contributed by atoms with Gasteiger partial charge in [-0.05, 0) is 36.4 Å². The molecule has 0 fully saturated rings. The fraction of sp³-hybridized carbons (Fsp3) is 0.190. The Morgan fingerprint density at radius 2 is 2.10 bits per heavy atom. The molecule has 2 N–H and O–H groups in total. The summed E-state index contributed by atoms with van der Waals surface area (Å²) >= 11 is 4.74. The lowest BCUT2D eigenvalue weighted by Gasteiger charge is -2.26. The van der Waals surface area contributed by atoms with Gasteiger partial charge in [0.25, 0.3) is 5.91 Å². The van der Waals surface area contributed by atoms with Crippen molar-refractivity contribution in [3.05, 3.63) is 63.4 Å². The van der Waals surface area contributed by atoms with Gasteiger partial charge < -0.3 is 10.1 Å². The lowest BCUT2D eigenvalue weighted by atomic mass is 9.97. The minimum absolute atomic E-state index is 0.0699. The van der Waals surface area contributed by atoms with Crippen LogP contribution in [0.3, 0.4) is 0 Å². The number of hydrogen-bond donors (Lipinski definition) is 2. The van der Waals surface area contributed by atoms with Crippen LogP contribution < -0.4 is 15.4 Å². The predicted molar refractivity (Wildman–Crippen MR) is 116 cm³/mol. The largest absolute Gasteiger partial charge is 0.493 e. The first kappa shape index (κ1) is 19.6. The van der Waals surface area contributed by atoms with Gasteiger partial charge in [-0.25, -0.2) is 4.98 Å². The first-order chi connectivity index (χ1) is 14.0. The van der Waals surface area contributed by atoms with Gasteiger partial charge in [0.2, 0.25) is 5.91 Å². The number of fused-ring (bicyclic) bond motifs is 1. The van der Waals surface area contributed by atoms with Crippen LogP contribution in [0.15, 0.2) is 52.3 Å². The van der Waals surface area contributed by atoms with Gasteiger partial charge in [-0.3, -0.25) is 14.9 Å². The fourth-order valence-corrected chi connectivity index (χ4v) is 4.33. The topological polar surface area (TPSA) is 80.3 Å². The summed E-state index contributed by atoms with van der Waals surface area (Å²) in [6.45, 7) is 2.08. The Morgan fingerprint density at radius 3 is 2.90 bits per heavy atom. The smallest absolute Gasteiger partial charge is 0.257 e. The lowest BCUT2D eigenvalue weighted by Crippen LogP contribution is -2.30. The Bertz CT molecular complexity index is 1080. The van der Waals surface area contributed by atoms with E-state index in [0.29, 0.717) is 17.3 Å². The molecule has 1 unspecified atom stereocenters. The fourth-order valence-electron chi connectivity index (χ4n) is 3.21. The summed E-state index contributed by atoms with van der Waals surface area (Å²) in [4.78, 5) is 28.5. The molecule has 29 heavy (non-hydrogen) atoms. The van der Waals surface area contributed by atoms with E-state index in [1.165, 1.54) is 18.3 Å². The molecule has 0 bridgehead atoms. The van der Waals surface area contributed by atoms with E-state index in [9.17, 15) is 9.59 Å². The minimum atomic E-state index is -0.211. The van der Waals surface area contributed by atoms with E-state index in [1.807, 2.05) is 35.7 Å². The highest BCUT2D eigenvalue weighted by molar-refractivity contribution is 9.10. The van der Waals surface area contributed by atoms with E-state index in [4.69, 9.17) is 4.74 Å². The van der Waals surface area contributed by atoms with Gasteiger partial charge in [-0.1, -0.05) is 22.0 Å². The maximum Gasteiger partial charge on any atom is 0.257 e. The number of carbonyl (C=O) groups excluding carboxylic acids is 2. The molecule has 1 aromatic heterocycles. The number of nitrogens with one attached hydrogen (secondary N) is 2. The number of benzene rings is 2. The van der Waals surface area contributed by atoms with Crippen LogP contribution in [0.1, 0.15) is 35.3 Å². The normalized spacial score (nSPS) is 15.2. The quantitative estimate of drug-likeness (QED) is 0.573. The van der Waals surface area contributed by atoms with Crippen molar-refractivity contribution in [2.24, 2.45) is 0 Å². The number of hydrogen-bond acceptors (Lipinski definition) is 5. The Morgan fingerprint density at radius 1 is 1.24 bits per heavy atom. The van der Waals surface area contributed by atoms with Crippen molar-refractivity contribution in [1.29, 1.82) is 0 Å². The van der Waals surface area contributed by atoms with E-state index in [1.54, 1.807) is 12.1 Å². The first-order valence-electron chi connectivity index (χ1n) is 9.06. The third-order valence-electron chi connectivity index (χ3n) is 4.53. The van der Waals surface area contributed by atoms with Crippen LogP contribution in [0.5, 0.6) is 5.75 Å². The SMILES string of the molecule is CC(=O)NC1CCOc2ccc(-c3csc(NC(=O)c4cccc(Br)c4)n3)cc21. The van der Waals surface area contributed by atoms with Gasteiger partial charge in [0.15, 0.2) is 5.13 Å². The summed E-state index contributed by atoms with van der Waals surface area (Å²) in [7, 11) is 0. The van der Waals surface area contributed by atoms with Crippen LogP contribution in [0.4, 0.5) is 5.13 Å². The van der Waals surface area contributed by atoms with E-state index < -0.39 is 0 Å². The second-order valence-electron chi connectivity index (χ2n) is 6.65. The molecule has 1 aliphatic heterocycles. The molecule has 2 heterocycles. The molecule has 6 nitrogen and oxygen atoms in total. The van der Waals surface area contributed by atoms with Gasteiger partial charge in [0.05, 0.1) is 18.3 Å². The molecule has 1 atom stereocenters. The highest BCUT2D eigenvalue weighted by Gasteiger charge is 2.23. The standard InChI is InChI=1S/C21H18BrN3O3S/c1-12(26)23-17-7-8-28-19-6-5-13(10-16(17)19)18-11-29-21(24-18)25-20(27)14-3-2-4-15(22)9-14/h2-6,9-11,17H,7-8H2,1H3,(H,23,26)(H,24,25,27). The van der Waals surface area contributed by atoms with Crippen LogP contribution in [0.25, 0.3) is 11.3 Å². The summed E-state index contributed by atoms with van der Waals surface area (Å²) in [5, 5.41) is 8.24. The number of halogens is 1. The van der Waals surface area contributed by atoms with Crippen molar-refractivity contribution in [3.63, 3.8) is 0 Å². The van der Waals surface area contributed by atoms with Gasteiger partial charge in [0, 0.05) is 39.9 Å². The van der Waals surface area contributed by atoms with Crippen molar-refractivity contribution in [2.45, 2.75) is 19.4 Å². The molecule has 0 aliphatic carbocycles. The average Bonchev–Trinajstić information content (AvgIpc) is 3.16. The number of nitrogens with zero attached hydrogens (tertiary/aromatic N) is 1. The highest BCUT2D eigenvalue weighted by atomic mass is 79.9. The van der Waals surface area contributed by atoms with Crippen molar-refractivity contribution >= 4 is 44.2 Å². The molecule has 2 aromatic carbocycles. The van der Waals surface area contributed by atoms with E-state index in [-0.39, 0.29) is 17.9 Å². The van der Waals surface area contributed by atoms with Crippen molar-refractivity contribution in [1.82, 2.24) is 10.3 Å². The molecular formula is C21H18BrN3O3S. The first-order valence-corrected chi connectivity index (χ1v) is 10.7. The van der Waals surface area contributed by atoms with Crippen LogP contribution >= 0.6 is 27.3 Å². The van der Waals surface area contributed by atoms with Crippen molar-refractivity contribution < 1.29 is 14.3 Å². The molecule has 4 rings (SSSR count). The van der Waals surface area contributed by atoms with Crippen molar-refractivity contribution in [3.8, 4) is 17.0 Å². The van der Waals surface area contributed by atoms with Gasteiger partial charge >= 0.3 is 0 Å². The van der Waals surface area contributed by atoms with Gasteiger partial charge in [-0.2, -0.15) is 0 Å². The second kappa shape index (κ2) is 8.34. The zero-order chi connectivity index (χ0) is 20.4. The number of aromatic nitrogens is 1. The number of carbonyl (C=O) groups is 2. The van der Waals surface area contributed by atoms with Crippen molar-refractivity contribution in [2.75, 3.05) is 11.9 Å². The summed E-state index contributed by atoms with van der Waals surface area (Å²) in [5.74, 6) is 0.494. The summed E-state index contributed by atoms with van der Waals surface area (Å²) in [5.41, 5.74) is 3.16. The Kier molecular flexibility index (Phi) is 5.64. The monoisotopic (exact) mass is 471 g/mol. The molecule has 0 saturated carbocycles. The average molecular weight is 472 g/mol. The minimum Gasteiger partial charge on any atom is -0.493 e. The van der Waals surface area contributed by atoms with Crippen LogP contribution in [0, 0.1) is 0 Å². The number of anilines is 1. The predicted octanol–water partition coefficient (Wildman–Crippen LogP) is 4.78. The molecule has 2 amide bonds. The zero-order valence-corrected chi connectivity index (χ0v) is 18.0. The van der Waals surface area contributed by atoms with Crippen LogP contribution in [-0.4, -0.2) is 23.4 Å². The van der Waals surface area contributed by atoms with Gasteiger partial charge in [-0.15, -0.1) is 11.3 Å². The molecule has 0 radical (unpaired) electrons. The van der Waals surface area contributed by atoms with E-state index >= 15 is 0 Å². The molecule has 0 spiro atoms. The summed E-state index contributed by atoms with van der Waals surface area (Å²) in [6.07, 6.45) is 0.723. The number of rotatable bonds is 4. The molecule has 8 heteroatoms. The van der Waals surface area contributed by atoms with Crippen LogP contribution in [0.2, 0.25) is 0 Å². The Labute approximate surface area is 180 Å². The molecule has 3 aromatic rings. The molecule has 0 saturated heterocycles. The number of amides is 2. The molecule has 1 aliphatic rings. The van der Waals surface area contributed by atoms with Crippen LogP contribution in [-0.2, 0) is 4.79 Å². The number of thiazole rings is 1. The maximum absolute atomic E-state index is 12.4. The highest BCUT2D eigenvalue weighted by Crippen LogP contribution is 2.36. The van der Waals surface area contributed by atoms with Gasteiger partial charge in [0.1, 0.15) is 5.75 Å². The van der Waals surface area contributed by atoms with E-state index in [2.05, 4.69) is 31.5 Å². The third-order valence-corrected chi connectivity index (χ3v) is 5.78. The van der Waals surface area contributed by atoms with E-state index in [0.717, 1.165) is 33.5 Å². The lowest BCUT2D eigenvalue weighted by molar-refractivity contribution is -0.119. The third kappa shape index (κ3) is 4.49.